The predicted octanol–water partition coefficient (Wildman–Crippen LogP) is 21.4. The molecule has 1 heterocycles. The Morgan fingerprint density at radius 1 is 0.384 bits per heavy atom. The molecule has 86 heavy (non-hydrogen) atoms. The molecule has 7 atom stereocenters. The van der Waals surface area contributed by atoms with E-state index < -0.39 is 49.5 Å². The van der Waals surface area contributed by atoms with Crippen LogP contribution in [0.25, 0.3) is 0 Å². The molecule has 0 spiro atoms. The Balaban J connectivity index is 2.11. The lowest BCUT2D eigenvalue weighted by atomic mass is 9.99. The Bertz CT molecular complexity index is 1450. The standard InChI is InChI=1S/C77H147NO8/c1-3-5-7-9-11-13-15-17-19-21-23-25-27-29-31-33-35-36-37-39-41-43-45-47-49-51-53-55-57-59-61-63-65-67-73(81)78-70(69-85-77-76(84)75(83)74(82)72(68-79)86-77)71(80)66-64-62-60-58-56-54-52-50-48-46-44-42-40-38-34-32-30-28-26-24-22-20-18-16-14-12-10-8-6-4-2/h48,50,56,58,64,66,70-72,74-77,79-80,82-84H,3-47,49,51-55,57,59-63,65,67-69H2,1-2H3,(H,78,81)/b50-48+,58-56+,66-64+. The van der Waals surface area contributed by atoms with Gasteiger partial charge in [0.15, 0.2) is 6.29 Å². The van der Waals surface area contributed by atoms with Crippen molar-refractivity contribution in [1.29, 1.82) is 0 Å². The number of hydrogen-bond acceptors (Lipinski definition) is 8. The summed E-state index contributed by atoms with van der Waals surface area (Å²) in [6.45, 7) is 3.82. The van der Waals surface area contributed by atoms with Crippen LogP contribution in [0, 0.1) is 0 Å². The number of ether oxygens (including phenoxy) is 2. The number of hydrogen-bond donors (Lipinski definition) is 6. The van der Waals surface area contributed by atoms with Crippen LogP contribution in [0.4, 0.5) is 0 Å². The van der Waals surface area contributed by atoms with E-state index in [1.54, 1.807) is 6.08 Å². The van der Waals surface area contributed by atoms with Gasteiger partial charge in [-0.3, -0.25) is 4.79 Å². The van der Waals surface area contributed by atoms with Crippen molar-refractivity contribution in [2.24, 2.45) is 0 Å². The van der Waals surface area contributed by atoms with E-state index in [9.17, 15) is 30.3 Å². The zero-order valence-corrected chi connectivity index (χ0v) is 57.1. The van der Waals surface area contributed by atoms with E-state index >= 15 is 0 Å². The minimum absolute atomic E-state index is 0.182. The van der Waals surface area contributed by atoms with Crippen LogP contribution in [0.5, 0.6) is 0 Å². The number of aliphatic hydroxyl groups is 5. The topological polar surface area (TPSA) is 149 Å². The molecule has 508 valence electrons. The van der Waals surface area contributed by atoms with Crippen molar-refractivity contribution in [3.63, 3.8) is 0 Å². The Morgan fingerprint density at radius 2 is 0.663 bits per heavy atom. The number of aliphatic hydroxyl groups excluding tert-OH is 5. The maximum Gasteiger partial charge on any atom is 0.220 e. The maximum absolute atomic E-state index is 13.1. The monoisotopic (exact) mass is 1210 g/mol. The van der Waals surface area contributed by atoms with Gasteiger partial charge in [-0.25, -0.2) is 0 Å². The highest BCUT2D eigenvalue weighted by molar-refractivity contribution is 5.76. The summed E-state index contributed by atoms with van der Waals surface area (Å²) in [4.78, 5) is 13.1. The van der Waals surface area contributed by atoms with E-state index in [1.807, 2.05) is 6.08 Å². The molecule has 0 aromatic heterocycles. The molecule has 1 fully saturated rings. The Labute approximate surface area is 533 Å². The summed E-state index contributed by atoms with van der Waals surface area (Å²) in [6.07, 6.45) is 82.9. The van der Waals surface area contributed by atoms with Crippen LogP contribution in [-0.4, -0.2) is 87.5 Å². The van der Waals surface area contributed by atoms with Gasteiger partial charge >= 0.3 is 0 Å². The van der Waals surface area contributed by atoms with Gasteiger partial charge in [-0.1, -0.05) is 378 Å². The van der Waals surface area contributed by atoms with E-state index in [-0.39, 0.29) is 12.5 Å². The lowest BCUT2D eigenvalue weighted by Gasteiger charge is -2.40. The summed E-state index contributed by atoms with van der Waals surface area (Å²) in [5.41, 5.74) is 0. The van der Waals surface area contributed by atoms with Crippen LogP contribution in [0.2, 0.25) is 0 Å². The van der Waals surface area contributed by atoms with E-state index in [0.717, 1.165) is 44.9 Å². The number of nitrogens with one attached hydrogen (secondary N) is 1. The summed E-state index contributed by atoms with van der Waals surface area (Å²) >= 11 is 0. The highest BCUT2D eigenvalue weighted by Gasteiger charge is 2.44. The first-order valence-corrected chi connectivity index (χ1v) is 38.2. The summed E-state index contributed by atoms with van der Waals surface area (Å²) in [5.74, 6) is -0.182. The van der Waals surface area contributed by atoms with E-state index in [2.05, 4.69) is 43.5 Å². The average molecular weight is 1220 g/mol. The molecule has 1 rings (SSSR count). The number of allylic oxidation sites excluding steroid dienone is 5. The van der Waals surface area contributed by atoms with Crippen molar-refractivity contribution in [2.75, 3.05) is 13.2 Å². The Kier molecular flexibility index (Phi) is 63.6. The van der Waals surface area contributed by atoms with Gasteiger partial charge in [-0.05, 0) is 44.9 Å². The zero-order valence-electron chi connectivity index (χ0n) is 57.1. The van der Waals surface area contributed by atoms with Crippen LogP contribution in [-0.2, 0) is 14.3 Å². The Hall–Kier alpha value is -1.59. The first-order valence-electron chi connectivity index (χ1n) is 38.2. The van der Waals surface area contributed by atoms with Gasteiger partial charge in [0, 0.05) is 6.42 Å². The number of amides is 1. The fourth-order valence-corrected chi connectivity index (χ4v) is 12.5. The van der Waals surface area contributed by atoms with Crippen molar-refractivity contribution in [3.05, 3.63) is 36.5 Å². The minimum Gasteiger partial charge on any atom is -0.394 e. The highest BCUT2D eigenvalue weighted by Crippen LogP contribution is 2.24. The molecule has 9 heteroatoms. The largest absolute Gasteiger partial charge is 0.394 e. The molecule has 9 nitrogen and oxygen atoms in total. The second-order valence-electron chi connectivity index (χ2n) is 26.8. The summed E-state index contributed by atoms with van der Waals surface area (Å²) in [5, 5.41) is 54.8. The van der Waals surface area contributed by atoms with Gasteiger partial charge in [0.25, 0.3) is 0 Å². The molecule has 7 unspecified atom stereocenters. The molecular weight excluding hydrogens is 1070 g/mol. The molecule has 0 radical (unpaired) electrons. The fraction of sp³-hybridized carbons (Fsp3) is 0.909. The second kappa shape index (κ2) is 66.3. The Morgan fingerprint density at radius 3 is 0.977 bits per heavy atom. The van der Waals surface area contributed by atoms with Crippen LogP contribution in [0.1, 0.15) is 393 Å². The van der Waals surface area contributed by atoms with Crippen LogP contribution in [0.3, 0.4) is 0 Å². The SMILES string of the molecule is CCCCCCCCCCCCCCCCCCCCCC/C=C/CC/C=C/CC/C=C/C(O)C(COC1OC(CO)C(O)C(O)C1O)NC(=O)CCCCCCCCCCCCCCCCCCCCCCCCCCCCCCCCCCC. The fourth-order valence-electron chi connectivity index (χ4n) is 12.5. The molecule has 0 bridgehead atoms. The van der Waals surface area contributed by atoms with Gasteiger partial charge in [0.2, 0.25) is 5.91 Å². The summed E-state index contributed by atoms with van der Waals surface area (Å²) in [7, 11) is 0. The highest BCUT2D eigenvalue weighted by atomic mass is 16.7. The van der Waals surface area contributed by atoms with Crippen molar-refractivity contribution >= 4 is 5.91 Å². The molecule has 0 saturated carbocycles. The number of carbonyl (C=O) groups is 1. The molecule has 0 aliphatic carbocycles. The third-order valence-electron chi connectivity index (χ3n) is 18.4. The van der Waals surface area contributed by atoms with E-state index in [1.165, 1.54) is 327 Å². The average Bonchev–Trinajstić information content (AvgIpc) is 2.42. The van der Waals surface area contributed by atoms with E-state index in [0.29, 0.717) is 6.42 Å². The molecule has 0 aromatic rings. The molecule has 6 N–H and O–H groups in total. The van der Waals surface area contributed by atoms with Crippen molar-refractivity contribution in [3.8, 4) is 0 Å². The van der Waals surface area contributed by atoms with Crippen molar-refractivity contribution < 1.29 is 39.8 Å². The molecule has 1 aliphatic heterocycles. The quantitative estimate of drug-likeness (QED) is 0.0261. The molecule has 0 aromatic carbocycles. The predicted molar refractivity (Wildman–Crippen MR) is 369 cm³/mol. The number of rotatable bonds is 68. The number of unbranched alkanes of at least 4 members (excludes halogenated alkanes) is 54. The van der Waals surface area contributed by atoms with Crippen molar-refractivity contribution in [1.82, 2.24) is 5.32 Å². The minimum atomic E-state index is -1.58. The van der Waals surface area contributed by atoms with Gasteiger partial charge in [0.05, 0.1) is 25.4 Å². The summed E-state index contributed by atoms with van der Waals surface area (Å²) in [6, 6.07) is -0.828. The molecular formula is C77H147NO8. The molecule has 1 saturated heterocycles. The third kappa shape index (κ3) is 54.2. The smallest absolute Gasteiger partial charge is 0.220 e. The van der Waals surface area contributed by atoms with Crippen LogP contribution < -0.4 is 5.32 Å². The van der Waals surface area contributed by atoms with Gasteiger partial charge < -0.3 is 40.3 Å². The lowest BCUT2D eigenvalue weighted by molar-refractivity contribution is -0.302. The van der Waals surface area contributed by atoms with E-state index in [4.69, 9.17) is 9.47 Å². The normalized spacial score (nSPS) is 18.2. The van der Waals surface area contributed by atoms with Gasteiger partial charge in [0.1, 0.15) is 24.4 Å². The van der Waals surface area contributed by atoms with Crippen LogP contribution in [0.15, 0.2) is 36.5 Å². The third-order valence-corrected chi connectivity index (χ3v) is 18.4. The van der Waals surface area contributed by atoms with Gasteiger partial charge in [-0.15, -0.1) is 0 Å². The van der Waals surface area contributed by atoms with Gasteiger partial charge in [-0.2, -0.15) is 0 Å². The van der Waals surface area contributed by atoms with Crippen molar-refractivity contribution in [2.45, 2.75) is 436 Å². The first-order chi connectivity index (χ1) is 42.3. The number of carbonyl (C=O) groups excluding carboxylic acids is 1. The second-order valence-corrected chi connectivity index (χ2v) is 26.8. The lowest BCUT2D eigenvalue weighted by Crippen LogP contribution is -2.60. The molecule has 1 aliphatic rings. The maximum atomic E-state index is 13.1. The molecule has 1 amide bonds. The van der Waals surface area contributed by atoms with Crippen LogP contribution >= 0.6 is 0 Å². The summed E-state index contributed by atoms with van der Waals surface area (Å²) < 4.78 is 11.3. The first kappa shape index (κ1) is 82.4. The zero-order chi connectivity index (χ0) is 62.1.